The zero-order chi connectivity index (χ0) is 63.3. The Labute approximate surface area is 489 Å². The maximum Gasteiger partial charge on any atom is 0.325 e. The maximum atomic E-state index is 14.5. The summed E-state index contributed by atoms with van der Waals surface area (Å²) in [7, 11) is 0. The van der Waals surface area contributed by atoms with E-state index in [0.29, 0.717) is 12.0 Å². The molecule has 466 valence electrons. The minimum absolute atomic E-state index is 0.103. The summed E-state index contributed by atoms with van der Waals surface area (Å²) < 4.78 is 0. The number of unbranched alkanes of at least 4 members (excludes halogenated alkanes) is 1. The number of benzene rings is 2. The second-order valence-electron chi connectivity index (χ2n) is 20.3. The molecule has 0 bridgehead atoms. The van der Waals surface area contributed by atoms with E-state index in [1.165, 1.54) is 36.8 Å². The Balaban J connectivity index is 1.91. The van der Waals surface area contributed by atoms with Gasteiger partial charge in [0, 0.05) is 37.6 Å². The highest BCUT2D eigenvalue weighted by atomic mass is 16.4. The number of imidazole rings is 1. The third-order valence-electron chi connectivity index (χ3n) is 13.1. The maximum absolute atomic E-state index is 14.5. The van der Waals surface area contributed by atoms with Crippen LogP contribution in [-0.2, 0) is 76.8 Å². The molecule has 0 aliphatic carbocycles. The number of aliphatic carboxylic acids is 1. The first-order chi connectivity index (χ1) is 40.3. The number of aromatic nitrogens is 2. The van der Waals surface area contributed by atoms with Crippen LogP contribution in [0.25, 0.3) is 0 Å². The van der Waals surface area contributed by atoms with Crippen molar-refractivity contribution in [2.24, 2.45) is 28.9 Å². The standard InChI is InChI=1S/C54H79N15O16/c1-28(2)44(69-48(78)37(17-19-43(58)74)62-45(75)34(56)21-30-9-5-4-6-10-30)53(83)66-38(22-31-12-14-33(72)15-13-31)49(79)63-35(11-7-8-20-55)46(76)64-36(16-18-42(57)73)47(77)67-41(26-71)52(82)65-39(23-32-24-59-27-60-32)50(80)68-40(25-70)51(81)61-29(3)54(84)85/h4-6,9-10,12-15,24,27-29,34-41,44,70-72H,7-8,11,16-23,25-26,55-56H2,1-3H3,(H2,57,73)(H2,58,74)(H,59,60)(H,61,81)(H,62,75)(H,63,79)(H,64,76)(H,65,82)(H,66,83)(H,67,77)(H,68,80)(H,69,78)(H,84,85)/t29-,34-,35-,36-,37-,38-,39-,40-,41-,44-/m0/s1. The third-order valence-corrected chi connectivity index (χ3v) is 13.1. The number of nitrogens with zero attached hydrogens (tertiary/aromatic N) is 1. The number of carboxylic acid groups (broad SMARTS) is 1. The molecule has 31 heteroatoms. The summed E-state index contributed by atoms with van der Waals surface area (Å²) in [5, 5.41) is 61.2. The number of aromatic amines is 1. The number of aliphatic hydroxyl groups excluding tert-OH is 2. The number of carbonyl (C=O) groups is 12. The number of amides is 11. The van der Waals surface area contributed by atoms with Crippen molar-refractivity contribution in [3.63, 3.8) is 0 Å². The average Bonchev–Trinajstić information content (AvgIpc) is 4.11. The molecule has 0 aliphatic rings. The summed E-state index contributed by atoms with van der Waals surface area (Å²) in [5.74, 6) is -13.0. The normalized spacial score (nSPS) is 14.6. The van der Waals surface area contributed by atoms with E-state index in [9.17, 15) is 78.0 Å². The molecule has 0 fully saturated rings. The highest BCUT2D eigenvalue weighted by molar-refractivity contribution is 5.99. The van der Waals surface area contributed by atoms with E-state index in [-0.39, 0.29) is 62.9 Å². The van der Waals surface area contributed by atoms with E-state index in [1.807, 2.05) is 0 Å². The second-order valence-corrected chi connectivity index (χ2v) is 20.3. The van der Waals surface area contributed by atoms with E-state index in [0.717, 1.165) is 12.5 Å². The first kappa shape index (κ1) is 70.2. The number of nitrogens with one attached hydrogen (secondary N) is 10. The average molecular weight is 1190 g/mol. The van der Waals surface area contributed by atoms with Crippen LogP contribution in [0.1, 0.15) is 82.5 Å². The number of carbonyl (C=O) groups excluding carboxylic acids is 11. The first-order valence-electron chi connectivity index (χ1n) is 27.3. The fourth-order valence-electron chi connectivity index (χ4n) is 8.19. The molecule has 2 aromatic carbocycles. The van der Waals surface area contributed by atoms with Crippen molar-refractivity contribution in [1.29, 1.82) is 0 Å². The van der Waals surface area contributed by atoms with Gasteiger partial charge in [-0.1, -0.05) is 56.3 Å². The quantitative estimate of drug-likeness (QED) is 0.0238. The molecule has 10 atom stereocenters. The predicted octanol–water partition coefficient (Wildman–Crippen LogP) is -5.76. The van der Waals surface area contributed by atoms with E-state index < -0.39 is 163 Å². The van der Waals surface area contributed by atoms with Crippen molar-refractivity contribution in [2.45, 2.75) is 145 Å². The molecule has 0 aliphatic heterocycles. The Bertz CT molecular complexity index is 2740. The van der Waals surface area contributed by atoms with E-state index in [4.69, 9.17) is 22.9 Å². The molecule has 3 aromatic rings. The third kappa shape index (κ3) is 24.7. The number of aliphatic hydroxyl groups is 2. The molecular formula is C54H79N15O16. The molecule has 0 saturated carbocycles. The minimum atomic E-state index is -1.88. The van der Waals surface area contributed by atoms with Gasteiger partial charge in [-0.15, -0.1) is 0 Å². The largest absolute Gasteiger partial charge is 0.508 e. The molecule has 3 rings (SSSR count). The van der Waals surface area contributed by atoms with Gasteiger partial charge in [-0.3, -0.25) is 57.5 Å². The molecule has 1 heterocycles. The number of rotatable bonds is 38. The molecule has 0 unspecified atom stereocenters. The lowest BCUT2D eigenvalue weighted by atomic mass is 9.99. The smallest absolute Gasteiger partial charge is 0.325 e. The van der Waals surface area contributed by atoms with Crippen LogP contribution in [0, 0.1) is 5.92 Å². The Kier molecular flexibility index (Phi) is 29.6. The molecule has 85 heavy (non-hydrogen) atoms. The van der Waals surface area contributed by atoms with Gasteiger partial charge in [0.05, 0.1) is 25.6 Å². The fraction of sp³-hybridized carbons (Fsp3) is 0.500. The van der Waals surface area contributed by atoms with Gasteiger partial charge >= 0.3 is 5.97 Å². The van der Waals surface area contributed by atoms with Crippen LogP contribution in [-0.4, -0.2) is 182 Å². The minimum Gasteiger partial charge on any atom is -0.508 e. The van der Waals surface area contributed by atoms with Crippen molar-refractivity contribution < 1.29 is 78.0 Å². The zero-order valence-electron chi connectivity index (χ0n) is 47.3. The van der Waals surface area contributed by atoms with Crippen molar-refractivity contribution in [3.05, 3.63) is 83.9 Å². The Morgan fingerprint density at radius 1 is 0.518 bits per heavy atom. The predicted molar refractivity (Wildman–Crippen MR) is 302 cm³/mol. The molecule has 0 saturated heterocycles. The van der Waals surface area contributed by atoms with Crippen LogP contribution in [0.5, 0.6) is 5.75 Å². The SMILES string of the molecule is CC(C)[C@H](NC(=O)[C@H](CCC(N)=O)NC(=O)[C@@H](N)Cc1ccccc1)C(=O)N[C@@H](Cc1ccc(O)cc1)C(=O)N[C@@H](CCCCN)C(=O)N[C@@H](CCC(N)=O)C(=O)N[C@@H](CO)C(=O)N[C@@H](Cc1cnc[nH]1)C(=O)N[C@@H](CO)C(=O)N[C@@H](C)C(=O)O. The lowest BCUT2D eigenvalue weighted by molar-refractivity contribution is -0.142. The number of nitrogens with two attached hydrogens (primary N) is 4. The summed E-state index contributed by atoms with van der Waals surface area (Å²) in [6.07, 6.45) is 0.804. The van der Waals surface area contributed by atoms with Crippen LogP contribution in [0.15, 0.2) is 67.1 Å². The molecule has 11 amide bonds. The number of phenolic OH excluding ortho intramolecular Hbond substituents is 1. The van der Waals surface area contributed by atoms with Crippen LogP contribution in [0.4, 0.5) is 0 Å². The molecule has 22 N–H and O–H groups in total. The van der Waals surface area contributed by atoms with E-state index in [1.54, 1.807) is 44.2 Å². The van der Waals surface area contributed by atoms with Crippen molar-refractivity contribution in [3.8, 4) is 5.75 Å². The van der Waals surface area contributed by atoms with Crippen molar-refractivity contribution in [2.75, 3.05) is 19.8 Å². The Hall–Kier alpha value is -9.07. The summed E-state index contributed by atoms with van der Waals surface area (Å²) in [6.45, 7) is 2.32. The van der Waals surface area contributed by atoms with E-state index in [2.05, 4.69) is 57.8 Å². The number of carboxylic acids is 1. The van der Waals surface area contributed by atoms with Gasteiger partial charge < -0.3 is 96.2 Å². The number of hydrogen-bond acceptors (Lipinski definition) is 18. The van der Waals surface area contributed by atoms with Crippen molar-refractivity contribution in [1.82, 2.24) is 57.8 Å². The van der Waals surface area contributed by atoms with Gasteiger partial charge in [0.2, 0.25) is 65.0 Å². The Morgan fingerprint density at radius 3 is 1.44 bits per heavy atom. The summed E-state index contributed by atoms with van der Waals surface area (Å²) in [5.41, 5.74) is 24.1. The molecule has 0 spiro atoms. The lowest BCUT2D eigenvalue weighted by Crippen LogP contribution is -2.61. The monoisotopic (exact) mass is 1190 g/mol. The topological polar surface area (TPSA) is 527 Å². The van der Waals surface area contributed by atoms with Gasteiger partial charge in [0.15, 0.2) is 0 Å². The number of primary amides is 2. The second kappa shape index (κ2) is 35.8. The molecular weight excluding hydrogens is 1110 g/mol. The summed E-state index contributed by atoms with van der Waals surface area (Å²) in [6, 6.07) is -0.942. The number of aromatic hydroxyl groups is 1. The highest BCUT2D eigenvalue weighted by Gasteiger charge is 2.36. The Morgan fingerprint density at radius 2 is 0.953 bits per heavy atom. The first-order valence-corrected chi connectivity index (χ1v) is 27.3. The number of hydrogen-bond donors (Lipinski definition) is 18. The molecule has 1 aromatic heterocycles. The van der Waals surface area contributed by atoms with Gasteiger partial charge in [0.25, 0.3) is 0 Å². The van der Waals surface area contributed by atoms with Crippen LogP contribution >= 0.6 is 0 Å². The molecule has 31 nitrogen and oxygen atoms in total. The van der Waals surface area contributed by atoms with Crippen LogP contribution in [0.3, 0.4) is 0 Å². The lowest BCUT2D eigenvalue weighted by Gasteiger charge is -2.29. The van der Waals surface area contributed by atoms with Gasteiger partial charge in [-0.25, -0.2) is 4.98 Å². The van der Waals surface area contributed by atoms with E-state index >= 15 is 0 Å². The van der Waals surface area contributed by atoms with Crippen molar-refractivity contribution >= 4 is 70.9 Å². The summed E-state index contributed by atoms with van der Waals surface area (Å²) in [4.78, 5) is 166. The zero-order valence-corrected chi connectivity index (χ0v) is 47.3. The number of phenols is 1. The van der Waals surface area contributed by atoms with Gasteiger partial charge in [-0.2, -0.15) is 0 Å². The summed E-state index contributed by atoms with van der Waals surface area (Å²) >= 11 is 0. The van der Waals surface area contributed by atoms with Crippen LogP contribution < -0.4 is 70.8 Å². The fourth-order valence-corrected chi connectivity index (χ4v) is 8.19. The highest BCUT2D eigenvalue weighted by Crippen LogP contribution is 2.15. The molecule has 0 radical (unpaired) electrons. The van der Waals surface area contributed by atoms with Gasteiger partial charge in [-0.05, 0) is 81.2 Å². The van der Waals surface area contributed by atoms with Crippen LogP contribution in [0.2, 0.25) is 0 Å². The van der Waals surface area contributed by atoms with Gasteiger partial charge in [0.1, 0.15) is 60.1 Å². The number of H-pyrrole nitrogens is 1.